The molecule has 1 aliphatic carbocycles. The number of amides is 1. The lowest BCUT2D eigenvalue weighted by molar-refractivity contribution is -0.130. The van der Waals surface area contributed by atoms with Crippen LogP contribution in [0.3, 0.4) is 0 Å². The van der Waals surface area contributed by atoms with Crippen LogP contribution < -0.4 is 10.2 Å². The number of aromatic nitrogens is 4. The van der Waals surface area contributed by atoms with Gasteiger partial charge in [0.15, 0.2) is 11.5 Å². The fraction of sp³-hybridized carbons (Fsp3) is 0.367. The summed E-state index contributed by atoms with van der Waals surface area (Å²) in [6, 6.07) is 15.8. The number of benzene rings is 1. The fourth-order valence-corrected chi connectivity index (χ4v) is 6.61. The quantitative estimate of drug-likeness (QED) is 0.379. The second-order valence-corrected chi connectivity index (χ2v) is 11.8. The summed E-state index contributed by atoms with van der Waals surface area (Å²) in [5, 5.41) is 16.9. The maximum absolute atomic E-state index is 13.2. The maximum atomic E-state index is 13.2. The number of nitrogens with zero attached hydrogens (tertiary/aromatic N) is 5. The number of carboxylic acids is 1. The molecule has 1 aromatic carbocycles. The second-order valence-electron chi connectivity index (χ2n) is 11.8. The molecule has 4 aliphatic rings. The molecule has 10 nitrogen and oxygen atoms in total. The van der Waals surface area contributed by atoms with Gasteiger partial charge in [0.25, 0.3) is 0 Å². The van der Waals surface area contributed by atoms with Gasteiger partial charge in [-0.05, 0) is 42.7 Å². The molecule has 1 atom stereocenters. The van der Waals surface area contributed by atoms with Gasteiger partial charge in [-0.25, -0.2) is 19.3 Å². The summed E-state index contributed by atoms with van der Waals surface area (Å²) in [5.41, 5.74) is 3.28. The number of carbonyl (C=O) groups is 2. The number of anilines is 2. The van der Waals surface area contributed by atoms with Crippen LogP contribution in [-0.4, -0.2) is 56.3 Å². The second kappa shape index (κ2) is 8.59. The van der Waals surface area contributed by atoms with Gasteiger partial charge in [0.2, 0.25) is 5.91 Å². The molecule has 3 saturated heterocycles. The van der Waals surface area contributed by atoms with Gasteiger partial charge < -0.3 is 20.1 Å². The minimum atomic E-state index is -1.15. The Morgan fingerprint density at radius 2 is 1.93 bits per heavy atom. The van der Waals surface area contributed by atoms with Gasteiger partial charge in [0.1, 0.15) is 11.3 Å². The number of ether oxygens (including phenoxy) is 1. The summed E-state index contributed by atoms with van der Waals surface area (Å²) >= 11 is 0. The molecule has 2 N–H and O–H groups in total. The first-order valence-electron chi connectivity index (χ1n) is 13.5. The number of carboxylic acid groups (broad SMARTS) is 1. The third-order valence-corrected chi connectivity index (χ3v) is 8.91. The average molecular weight is 539 g/mol. The topological polar surface area (TPSA) is 122 Å². The molecule has 4 aromatic rings. The molecule has 204 valence electrons. The molecule has 10 heteroatoms. The van der Waals surface area contributed by atoms with Crippen molar-refractivity contribution in [1.82, 2.24) is 19.6 Å². The van der Waals surface area contributed by atoms with Crippen molar-refractivity contribution in [3.63, 3.8) is 0 Å². The van der Waals surface area contributed by atoms with Gasteiger partial charge in [-0.15, -0.1) is 5.10 Å². The van der Waals surface area contributed by atoms with E-state index in [0.717, 1.165) is 36.4 Å². The summed E-state index contributed by atoms with van der Waals surface area (Å²) in [6.07, 6.45) is 5.45. The standard InChI is InChI=1S/C30H30N6O4/c1-19-12-22(35-11-9-28(2,17-35)20-6-4-3-5-7-20)14-36-24(19)33-26(34-36)30-15-29(16-30,18-40-30)27(39)32-21-8-10-31-23(13-21)25(37)38/h3-8,10,12-14H,9,11,15-18H2,1-2H3,(H,37,38)(H,31,32,39)/t28-,29?,30?/m0/s1. The number of hydrogen-bond acceptors (Lipinski definition) is 7. The SMILES string of the molecule is Cc1cc(N2CC[C@](C)(c3ccccc3)C2)cn2nc(C34CC(C(=O)Nc5ccnc(C(=O)O)c5)(CO3)C4)nc12. The first kappa shape index (κ1) is 24.7. The number of aryl methyl sites for hydroxylation is 1. The summed E-state index contributed by atoms with van der Waals surface area (Å²) in [6.45, 7) is 6.54. The van der Waals surface area contributed by atoms with Gasteiger partial charge >= 0.3 is 5.97 Å². The Labute approximate surface area is 231 Å². The van der Waals surface area contributed by atoms with Crippen molar-refractivity contribution in [3.05, 3.63) is 83.6 Å². The van der Waals surface area contributed by atoms with Crippen LogP contribution in [0.4, 0.5) is 11.4 Å². The zero-order chi connectivity index (χ0) is 27.7. The van der Waals surface area contributed by atoms with Gasteiger partial charge in [0.05, 0.1) is 23.9 Å². The largest absolute Gasteiger partial charge is 0.477 e. The number of rotatable bonds is 6. The fourth-order valence-electron chi connectivity index (χ4n) is 6.61. The van der Waals surface area contributed by atoms with E-state index in [0.29, 0.717) is 24.4 Å². The molecule has 6 heterocycles. The predicted octanol–water partition coefficient (Wildman–Crippen LogP) is 3.94. The average Bonchev–Trinajstić information content (AvgIpc) is 3.71. The molecule has 3 aromatic heterocycles. The lowest BCUT2D eigenvalue weighted by atomic mass is 9.61. The molecule has 0 radical (unpaired) electrons. The molecule has 1 saturated carbocycles. The Morgan fingerprint density at radius 1 is 1.12 bits per heavy atom. The highest BCUT2D eigenvalue weighted by Gasteiger charge is 2.68. The highest BCUT2D eigenvalue weighted by molar-refractivity contribution is 5.98. The van der Waals surface area contributed by atoms with Gasteiger partial charge in [-0.1, -0.05) is 37.3 Å². The van der Waals surface area contributed by atoms with Crippen LogP contribution in [0.25, 0.3) is 5.65 Å². The van der Waals surface area contributed by atoms with E-state index in [9.17, 15) is 14.7 Å². The monoisotopic (exact) mass is 538 g/mol. The minimum absolute atomic E-state index is 0.0928. The molecule has 0 unspecified atom stereocenters. The van der Waals surface area contributed by atoms with Crippen molar-refractivity contribution < 1.29 is 19.4 Å². The maximum Gasteiger partial charge on any atom is 0.354 e. The summed E-state index contributed by atoms with van der Waals surface area (Å²) in [4.78, 5) is 35.5. The Hall–Kier alpha value is -4.31. The van der Waals surface area contributed by atoms with E-state index in [1.807, 2.05) is 10.7 Å². The Bertz CT molecular complexity index is 1660. The van der Waals surface area contributed by atoms with Crippen molar-refractivity contribution in [2.75, 3.05) is 29.9 Å². The Balaban J connectivity index is 1.09. The highest BCUT2D eigenvalue weighted by Crippen LogP contribution is 2.62. The van der Waals surface area contributed by atoms with E-state index in [1.165, 1.54) is 17.8 Å². The lowest BCUT2D eigenvalue weighted by Crippen LogP contribution is -2.49. The summed E-state index contributed by atoms with van der Waals surface area (Å²) in [5.74, 6) is -0.741. The zero-order valence-electron chi connectivity index (χ0n) is 22.4. The summed E-state index contributed by atoms with van der Waals surface area (Å²) < 4.78 is 8.03. The molecule has 2 bridgehead atoms. The van der Waals surface area contributed by atoms with Crippen LogP contribution in [0.2, 0.25) is 0 Å². The molecule has 0 spiro atoms. The van der Waals surface area contributed by atoms with Crippen molar-refractivity contribution in [2.24, 2.45) is 5.41 Å². The van der Waals surface area contributed by atoms with Gasteiger partial charge in [-0.3, -0.25) is 4.79 Å². The number of pyridine rings is 2. The van der Waals surface area contributed by atoms with Crippen molar-refractivity contribution in [3.8, 4) is 0 Å². The predicted molar refractivity (Wildman–Crippen MR) is 147 cm³/mol. The number of nitrogens with one attached hydrogen (secondary N) is 1. The van der Waals surface area contributed by atoms with Crippen LogP contribution in [-0.2, 0) is 20.5 Å². The Morgan fingerprint density at radius 3 is 2.70 bits per heavy atom. The molecule has 8 rings (SSSR count). The first-order valence-corrected chi connectivity index (χ1v) is 13.5. The lowest BCUT2D eigenvalue weighted by Gasteiger charge is -2.41. The smallest absolute Gasteiger partial charge is 0.354 e. The van der Waals surface area contributed by atoms with Crippen molar-refractivity contribution in [2.45, 2.75) is 44.1 Å². The first-order chi connectivity index (χ1) is 19.2. The molecule has 40 heavy (non-hydrogen) atoms. The number of hydrogen-bond donors (Lipinski definition) is 2. The van der Waals surface area contributed by atoms with Crippen molar-refractivity contribution in [1.29, 1.82) is 0 Å². The van der Waals surface area contributed by atoms with E-state index in [1.54, 1.807) is 6.07 Å². The van der Waals surface area contributed by atoms with Crippen molar-refractivity contribution >= 4 is 28.9 Å². The van der Waals surface area contributed by atoms with Crippen LogP contribution in [0, 0.1) is 12.3 Å². The molecule has 1 amide bonds. The van der Waals surface area contributed by atoms with E-state index in [2.05, 4.69) is 65.4 Å². The minimum Gasteiger partial charge on any atom is -0.477 e. The highest BCUT2D eigenvalue weighted by atomic mass is 16.5. The van der Waals surface area contributed by atoms with E-state index in [4.69, 9.17) is 14.8 Å². The number of aromatic carboxylic acids is 1. The third kappa shape index (κ3) is 3.77. The van der Waals surface area contributed by atoms with Gasteiger partial charge in [-0.2, -0.15) is 0 Å². The molecular weight excluding hydrogens is 508 g/mol. The van der Waals surface area contributed by atoms with E-state index < -0.39 is 17.0 Å². The number of carbonyl (C=O) groups excluding carboxylic acids is 1. The number of fused-ring (bicyclic) bond motifs is 2. The molecular formula is C30H30N6O4. The third-order valence-electron chi connectivity index (χ3n) is 8.91. The van der Waals surface area contributed by atoms with Crippen LogP contribution in [0.15, 0.2) is 60.9 Å². The van der Waals surface area contributed by atoms with Crippen LogP contribution in [0.5, 0.6) is 0 Å². The normalized spacial score (nSPS) is 27.1. The Kier molecular flexibility index (Phi) is 5.31. The van der Waals surface area contributed by atoms with E-state index in [-0.39, 0.29) is 23.6 Å². The van der Waals surface area contributed by atoms with Crippen LogP contribution in [0.1, 0.15) is 53.6 Å². The molecule has 3 aliphatic heterocycles. The summed E-state index contributed by atoms with van der Waals surface area (Å²) in [7, 11) is 0. The van der Waals surface area contributed by atoms with E-state index >= 15 is 0 Å². The van der Waals surface area contributed by atoms with Crippen LogP contribution >= 0.6 is 0 Å². The van der Waals surface area contributed by atoms with Gasteiger partial charge in [0, 0.05) is 43.2 Å². The zero-order valence-corrected chi connectivity index (χ0v) is 22.4. The molecule has 4 fully saturated rings.